The van der Waals surface area contributed by atoms with Gasteiger partial charge in [-0.25, -0.2) is 0 Å². The SMILES string of the molecule is C=CCn1c(CCNC(=O)c2ccccc2C)nnc1SCC(=O)Nc1cc(C)c(C)cc1Br. The molecule has 0 bridgehead atoms. The average Bonchev–Trinajstić information content (AvgIpc) is 3.18. The van der Waals surface area contributed by atoms with Crippen molar-refractivity contribution >= 4 is 45.2 Å². The van der Waals surface area contributed by atoms with E-state index >= 15 is 0 Å². The molecule has 7 nitrogen and oxygen atoms in total. The van der Waals surface area contributed by atoms with Crippen molar-refractivity contribution in [3.8, 4) is 0 Å². The van der Waals surface area contributed by atoms with E-state index in [0.717, 1.165) is 32.7 Å². The number of aryl methyl sites for hydroxylation is 3. The Hall–Kier alpha value is -2.91. The summed E-state index contributed by atoms with van der Waals surface area (Å²) in [7, 11) is 0. The van der Waals surface area contributed by atoms with Crippen LogP contribution in [-0.2, 0) is 17.8 Å². The third kappa shape index (κ3) is 6.57. The molecule has 9 heteroatoms. The number of amides is 2. The molecule has 0 radical (unpaired) electrons. The van der Waals surface area contributed by atoms with Crippen LogP contribution in [0.15, 0.2) is 58.7 Å². The second-order valence-electron chi connectivity index (χ2n) is 7.87. The molecular formula is C25H28BrN5O2S. The first-order valence-electron chi connectivity index (χ1n) is 10.9. The summed E-state index contributed by atoms with van der Waals surface area (Å²) in [4.78, 5) is 25.0. The highest BCUT2D eigenvalue weighted by molar-refractivity contribution is 9.10. The van der Waals surface area contributed by atoms with E-state index < -0.39 is 0 Å². The van der Waals surface area contributed by atoms with Gasteiger partial charge in [0.05, 0.1) is 11.4 Å². The van der Waals surface area contributed by atoms with E-state index in [0.29, 0.717) is 30.2 Å². The molecular weight excluding hydrogens is 514 g/mol. The second-order valence-corrected chi connectivity index (χ2v) is 9.67. The van der Waals surface area contributed by atoms with Crippen molar-refractivity contribution in [3.05, 3.63) is 81.6 Å². The van der Waals surface area contributed by atoms with Crippen LogP contribution >= 0.6 is 27.7 Å². The van der Waals surface area contributed by atoms with Crippen LogP contribution in [0.5, 0.6) is 0 Å². The van der Waals surface area contributed by atoms with Crippen molar-refractivity contribution in [2.45, 2.75) is 38.9 Å². The maximum Gasteiger partial charge on any atom is 0.251 e. The zero-order chi connectivity index (χ0) is 24.7. The summed E-state index contributed by atoms with van der Waals surface area (Å²) in [5.74, 6) is 0.675. The number of aromatic nitrogens is 3. The van der Waals surface area contributed by atoms with E-state index in [9.17, 15) is 9.59 Å². The summed E-state index contributed by atoms with van der Waals surface area (Å²) in [6, 6.07) is 11.4. The van der Waals surface area contributed by atoms with E-state index in [1.54, 1.807) is 12.1 Å². The van der Waals surface area contributed by atoms with Crippen molar-refractivity contribution in [1.82, 2.24) is 20.1 Å². The van der Waals surface area contributed by atoms with Crippen LogP contribution in [-0.4, -0.2) is 38.9 Å². The molecule has 1 aromatic heterocycles. The van der Waals surface area contributed by atoms with E-state index in [-0.39, 0.29) is 17.6 Å². The summed E-state index contributed by atoms with van der Waals surface area (Å²) < 4.78 is 2.76. The summed E-state index contributed by atoms with van der Waals surface area (Å²) in [5.41, 5.74) is 4.59. The number of anilines is 1. The summed E-state index contributed by atoms with van der Waals surface area (Å²) >= 11 is 4.82. The first kappa shape index (κ1) is 25.7. The summed E-state index contributed by atoms with van der Waals surface area (Å²) in [5, 5.41) is 15.0. The number of rotatable bonds is 10. The Labute approximate surface area is 212 Å². The van der Waals surface area contributed by atoms with Crippen molar-refractivity contribution in [2.24, 2.45) is 0 Å². The number of allylic oxidation sites excluding steroid dienone is 1. The van der Waals surface area contributed by atoms with Gasteiger partial charge in [0.25, 0.3) is 5.91 Å². The standard InChI is InChI=1S/C25H28BrN5O2S/c1-5-12-31-22(10-11-27-24(33)19-9-7-6-8-16(19)2)29-30-25(31)34-15-23(32)28-21-14-18(4)17(3)13-20(21)26/h5-9,13-14H,1,10-12,15H2,2-4H3,(H,27,33)(H,28,32). The molecule has 0 aliphatic carbocycles. The fraction of sp³-hybridized carbons (Fsp3) is 0.280. The number of hydrogen-bond acceptors (Lipinski definition) is 5. The van der Waals surface area contributed by atoms with Gasteiger partial charge in [-0.3, -0.25) is 9.59 Å². The number of thioether (sulfide) groups is 1. The van der Waals surface area contributed by atoms with E-state index in [1.165, 1.54) is 11.8 Å². The number of carbonyl (C=O) groups is 2. The molecule has 2 N–H and O–H groups in total. The molecule has 0 spiro atoms. The zero-order valence-electron chi connectivity index (χ0n) is 19.5. The molecule has 0 aliphatic rings. The van der Waals surface area contributed by atoms with Crippen LogP contribution in [0.25, 0.3) is 0 Å². The molecule has 2 aromatic carbocycles. The topological polar surface area (TPSA) is 88.9 Å². The van der Waals surface area contributed by atoms with Crippen LogP contribution in [0, 0.1) is 20.8 Å². The van der Waals surface area contributed by atoms with Gasteiger partial charge in [0.2, 0.25) is 5.91 Å². The summed E-state index contributed by atoms with van der Waals surface area (Å²) in [6.07, 6.45) is 2.27. The lowest BCUT2D eigenvalue weighted by molar-refractivity contribution is -0.113. The minimum absolute atomic E-state index is 0.114. The first-order chi connectivity index (χ1) is 16.3. The van der Waals surface area contributed by atoms with Gasteiger partial charge in [-0.1, -0.05) is 36.0 Å². The Morgan fingerprint density at radius 3 is 2.59 bits per heavy atom. The normalized spacial score (nSPS) is 10.7. The van der Waals surface area contributed by atoms with Crippen LogP contribution < -0.4 is 10.6 Å². The highest BCUT2D eigenvalue weighted by atomic mass is 79.9. The molecule has 0 saturated carbocycles. The number of nitrogens with one attached hydrogen (secondary N) is 2. The Morgan fingerprint density at radius 1 is 1.12 bits per heavy atom. The monoisotopic (exact) mass is 541 g/mol. The molecule has 0 aliphatic heterocycles. The molecule has 0 atom stereocenters. The van der Waals surface area contributed by atoms with E-state index in [4.69, 9.17) is 0 Å². The minimum atomic E-state index is -0.130. The Kier molecular flexibility index (Phi) is 9.06. The fourth-order valence-corrected chi connectivity index (χ4v) is 4.65. The molecule has 0 unspecified atom stereocenters. The average molecular weight is 543 g/mol. The van der Waals surface area contributed by atoms with Gasteiger partial charge in [-0.05, 0) is 71.6 Å². The number of halogens is 1. The van der Waals surface area contributed by atoms with Gasteiger partial charge in [-0.2, -0.15) is 0 Å². The minimum Gasteiger partial charge on any atom is -0.352 e. The fourth-order valence-electron chi connectivity index (χ4n) is 3.33. The molecule has 3 aromatic rings. The maximum absolute atomic E-state index is 12.5. The molecule has 3 rings (SSSR count). The number of benzene rings is 2. The van der Waals surface area contributed by atoms with Crippen molar-refractivity contribution in [3.63, 3.8) is 0 Å². The lowest BCUT2D eigenvalue weighted by atomic mass is 10.1. The second kappa shape index (κ2) is 12.0. The predicted octanol–water partition coefficient (Wildman–Crippen LogP) is 4.86. The molecule has 2 amide bonds. The molecule has 0 saturated heterocycles. The highest BCUT2D eigenvalue weighted by Crippen LogP contribution is 2.26. The van der Waals surface area contributed by atoms with Gasteiger partial charge in [-0.15, -0.1) is 16.8 Å². The Balaban J connectivity index is 1.58. The predicted molar refractivity (Wildman–Crippen MR) is 140 cm³/mol. The van der Waals surface area contributed by atoms with E-state index in [1.807, 2.05) is 55.7 Å². The quantitative estimate of drug-likeness (QED) is 0.282. The zero-order valence-corrected chi connectivity index (χ0v) is 21.9. The lowest BCUT2D eigenvalue weighted by Gasteiger charge is -2.11. The van der Waals surface area contributed by atoms with E-state index in [2.05, 4.69) is 43.3 Å². The van der Waals surface area contributed by atoms with Crippen LogP contribution in [0.3, 0.4) is 0 Å². The highest BCUT2D eigenvalue weighted by Gasteiger charge is 2.15. The molecule has 178 valence electrons. The van der Waals surface area contributed by atoms with Gasteiger partial charge in [0, 0.05) is 29.5 Å². The molecule has 0 fully saturated rings. The third-order valence-corrected chi connectivity index (χ3v) is 6.94. The maximum atomic E-state index is 12.5. The van der Waals surface area contributed by atoms with Crippen molar-refractivity contribution in [2.75, 3.05) is 17.6 Å². The third-order valence-electron chi connectivity index (χ3n) is 5.32. The lowest BCUT2D eigenvalue weighted by Crippen LogP contribution is -2.27. The summed E-state index contributed by atoms with van der Waals surface area (Å²) in [6.45, 7) is 10.7. The Morgan fingerprint density at radius 2 is 1.85 bits per heavy atom. The molecule has 34 heavy (non-hydrogen) atoms. The largest absolute Gasteiger partial charge is 0.352 e. The molecule has 1 heterocycles. The number of carbonyl (C=O) groups excluding carboxylic acids is 2. The van der Waals surface area contributed by atoms with Crippen molar-refractivity contribution in [1.29, 1.82) is 0 Å². The Bertz CT molecular complexity index is 1210. The van der Waals surface area contributed by atoms with Crippen LogP contribution in [0.4, 0.5) is 5.69 Å². The van der Waals surface area contributed by atoms with Gasteiger partial charge in [0.15, 0.2) is 5.16 Å². The van der Waals surface area contributed by atoms with Gasteiger partial charge >= 0.3 is 0 Å². The van der Waals surface area contributed by atoms with Crippen LogP contribution in [0.1, 0.15) is 32.9 Å². The van der Waals surface area contributed by atoms with Crippen LogP contribution in [0.2, 0.25) is 0 Å². The number of hydrogen-bond donors (Lipinski definition) is 2. The first-order valence-corrected chi connectivity index (χ1v) is 12.6. The van der Waals surface area contributed by atoms with Gasteiger partial charge < -0.3 is 15.2 Å². The smallest absolute Gasteiger partial charge is 0.251 e. The number of nitrogens with zero attached hydrogens (tertiary/aromatic N) is 3. The van der Waals surface area contributed by atoms with Gasteiger partial charge in [0.1, 0.15) is 5.82 Å². The van der Waals surface area contributed by atoms with Crippen molar-refractivity contribution < 1.29 is 9.59 Å².